The predicted octanol–water partition coefficient (Wildman–Crippen LogP) is 3.27. The van der Waals surface area contributed by atoms with E-state index < -0.39 is 28.5 Å². The number of hydrogen-bond donors (Lipinski definition) is 2. The molecular weight excluding hydrogens is 424 g/mol. The van der Waals surface area contributed by atoms with Crippen LogP contribution in [0.15, 0.2) is 76.3 Å². The third kappa shape index (κ3) is 5.99. The monoisotopic (exact) mass is 444 g/mol. The minimum Gasteiger partial charge on any atom is -0.456 e. The lowest BCUT2D eigenvalue weighted by atomic mass is 10.0. The summed E-state index contributed by atoms with van der Waals surface area (Å²) >= 11 is 1.08. The van der Waals surface area contributed by atoms with Crippen LogP contribution in [0.1, 0.15) is 6.42 Å². The van der Waals surface area contributed by atoms with Gasteiger partial charge >= 0.3 is 5.97 Å². The van der Waals surface area contributed by atoms with Crippen molar-refractivity contribution < 1.29 is 22.7 Å². The molecule has 7 nitrogen and oxygen atoms in total. The first kappa shape index (κ1) is 21.7. The van der Waals surface area contributed by atoms with E-state index in [4.69, 9.17) is 4.74 Å². The van der Waals surface area contributed by atoms with Gasteiger partial charge < -0.3 is 10.1 Å². The molecule has 0 aliphatic heterocycles. The van der Waals surface area contributed by atoms with Crippen molar-refractivity contribution in [2.24, 2.45) is 0 Å². The van der Waals surface area contributed by atoms with Crippen molar-refractivity contribution in [3.8, 4) is 11.1 Å². The zero-order valence-electron chi connectivity index (χ0n) is 15.9. The van der Waals surface area contributed by atoms with Crippen LogP contribution in [0.25, 0.3) is 11.1 Å². The number of rotatable bonds is 9. The Hall–Kier alpha value is -3.01. The Labute approximate surface area is 178 Å². The van der Waals surface area contributed by atoms with Crippen molar-refractivity contribution in [3.63, 3.8) is 0 Å². The molecule has 3 aromatic rings. The van der Waals surface area contributed by atoms with Gasteiger partial charge in [-0.3, -0.25) is 9.59 Å². The average Bonchev–Trinajstić information content (AvgIpc) is 3.29. The second-order valence-corrected chi connectivity index (χ2v) is 9.14. The van der Waals surface area contributed by atoms with Gasteiger partial charge in [-0.15, -0.1) is 11.3 Å². The van der Waals surface area contributed by atoms with Crippen molar-refractivity contribution in [2.45, 2.75) is 10.6 Å². The second-order valence-electron chi connectivity index (χ2n) is 6.20. The van der Waals surface area contributed by atoms with Crippen LogP contribution in [0.5, 0.6) is 0 Å². The molecule has 1 amide bonds. The molecule has 0 aliphatic rings. The molecule has 3 rings (SSSR count). The first-order chi connectivity index (χ1) is 14.5. The van der Waals surface area contributed by atoms with Gasteiger partial charge in [-0.1, -0.05) is 54.6 Å². The highest BCUT2D eigenvalue weighted by molar-refractivity contribution is 7.91. The number of ether oxygens (including phenoxy) is 1. The quantitative estimate of drug-likeness (QED) is 0.493. The minimum absolute atomic E-state index is 0.114. The number of amides is 1. The van der Waals surface area contributed by atoms with Crippen molar-refractivity contribution in [1.82, 2.24) is 4.72 Å². The summed E-state index contributed by atoms with van der Waals surface area (Å²) < 4.78 is 31.4. The van der Waals surface area contributed by atoms with Crippen LogP contribution >= 0.6 is 11.3 Å². The van der Waals surface area contributed by atoms with E-state index in [9.17, 15) is 18.0 Å². The fourth-order valence-electron chi connectivity index (χ4n) is 2.64. The summed E-state index contributed by atoms with van der Waals surface area (Å²) in [6.07, 6.45) is -0.182. The minimum atomic E-state index is -3.63. The fraction of sp³-hybridized carbons (Fsp3) is 0.143. The van der Waals surface area contributed by atoms with Gasteiger partial charge in [0.05, 0.1) is 6.42 Å². The van der Waals surface area contributed by atoms with Crippen LogP contribution in [0.3, 0.4) is 0 Å². The molecule has 0 bridgehead atoms. The number of carbonyl (C=O) groups excluding carboxylic acids is 2. The number of sulfonamides is 1. The molecule has 0 saturated heterocycles. The van der Waals surface area contributed by atoms with E-state index in [1.807, 2.05) is 42.5 Å². The lowest BCUT2D eigenvalue weighted by Gasteiger charge is -2.11. The Bertz CT molecular complexity index is 1100. The summed E-state index contributed by atoms with van der Waals surface area (Å²) in [5.41, 5.74) is 2.40. The van der Waals surface area contributed by atoms with Crippen LogP contribution in [0, 0.1) is 0 Å². The zero-order chi connectivity index (χ0) is 21.4. The topological polar surface area (TPSA) is 102 Å². The summed E-state index contributed by atoms with van der Waals surface area (Å²) in [6.45, 7) is -0.572. The van der Waals surface area contributed by atoms with E-state index in [-0.39, 0.29) is 17.2 Å². The number of thiophene rings is 1. The van der Waals surface area contributed by atoms with Crippen molar-refractivity contribution in [3.05, 3.63) is 72.1 Å². The fourth-order valence-corrected chi connectivity index (χ4v) is 4.71. The van der Waals surface area contributed by atoms with Crippen molar-refractivity contribution in [1.29, 1.82) is 0 Å². The molecule has 0 radical (unpaired) electrons. The van der Waals surface area contributed by atoms with Crippen molar-refractivity contribution in [2.75, 3.05) is 18.5 Å². The molecule has 0 saturated carbocycles. The zero-order valence-corrected chi connectivity index (χ0v) is 17.5. The third-order valence-electron chi connectivity index (χ3n) is 4.03. The smallest absolute Gasteiger partial charge is 0.307 e. The van der Waals surface area contributed by atoms with Gasteiger partial charge in [0.2, 0.25) is 10.0 Å². The molecule has 2 aromatic carbocycles. The molecule has 0 fully saturated rings. The molecule has 1 aromatic heterocycles. The Morgan fingerprint density at radius 2 is 1.67 bits per heavy atom. The molecule has 2 N–H and O–H groups in total. The van der Waals surface area contributed by atoms with E-state index in [0.717, 1.165) is 22.5 Å². The van der Waals surface area contributed by atoms with Crippen LogP contribution in [-0.4, -0.2) is 33.4 Å². The summed E-state index contributed by atoms with van der Waals surface area (Å²) in [7, 11) is -3.63. The van der Waals surface area contributed by atoms with Gasteiger partial charge in [0.25, 0.3) is 5.91 Å². The van der Waals surface area contributed by atoms with Gasteiger partial charge in [0.15, 0.2) is 6.61 Å². The van der Waals surface area contributed by atoms with Gasteiger partial charge in [-0.2, -0.15) is 0 Å². The van der Waals surface area contributed by atoms with E-state index in [1.54, 1.807) is 23.6 Å². The number of benzene rings is 2. The number of carbonyl (C=O) groups is 2. The summed E-state index contributed by atoms with van der Waals surface area (Å²) in [4.78, 5) is 24.0. The van der Waals surface area contributed by atoms with Crippen LogP contribution in [-0.2, 0) is 24.3 Å². The molecule has 9 heteroatoms. The van der Waals surface area contributed by atoms with Gasteiger partial charge in [0.1, 0.15) is 4.21 Å². The van der Waals surface area contributed by atoms with Crippen LogP contribution in [0.2, 0.25) is 0 Å². The number of nitrogens with one attached hydrogen (secondary N) is 2. The number of para-hydroxylation sites is 1. The lowest BCUT2D eigenvalue weighted by molar-refractivity contribution is -0.147. The van der Waals surface area contributed by atoms with Crippen LogP contribution < -0.4 is 10.0 Å². The highest BCUT2D eigenvalue weighted by Crippen LogP contribution is 2.27. The third-order valence-corrected chi connectivity index (χ3v) is 6.89. The molecule has 0 spiro atoms. The largest absolute Gasteiger partial charge is 0.456 e. The van der Waals surface area contributed by atoms with Crippen LogP contribution in [0.4, 0.5) is 5.69 Å². The van der Waals surface area contributed by atoms with Crippen molar-refractivity contribution >= 4 is 38.9 Å². The number of anilines is 1. The highest BCUT2D eigenvalue weighted by atomic mass is 32.2. The van der Waals surface area contributed by atoms with E-state index in [2.05, 4.69) is 10.0 Å². The maximum absolute atomic E-state index is 12.2. The first-order valence-corrected chi connectivity index (χ1v) is 11.4. The first-order valence-electron chi connectivity index (χ1n) is 9.09. The molecule has 0 unspecified atom stereocenters. The van der Waals surface area contributed by atoms with E-state index in [1.165, 1.54) is 6.07 Å². The Morgan fingerprint density at radius 3 is 2.40 bits per heavy atom. The molecule has 30 heavy (non-hydrogen) atoms. The molecule has 1 heterocycles. The van der Waals surface area contributed by atoms with E-state index >= 15 is 0 Å². The normalized spacial score (nSPS) is 11.1. The SMILES string of the molecule is O=C(COC(=O)CCNS(=O)(=O)c1cccs1)Nc1ccccc1-c1ccccc1. The van der Waals surface area contributed by atoms with E-state index in [0.29, 0.717) is 5.69 Å². The van der Waals surface area contributed by atoms with Gasteiger partial charge in [-0.25, -0.2) is 13.1 Å². The lowest BCUT2D eigenvalue weighted by Crippen LogP contribution is -2.27. The van der Waals surface area contributed by atoms with Gasteiger partial charge in [-0.05, 0) is 23.1 Å². The second kappa shape index (κ2) is 10.1. The van der Waals surface area contributed by atoms with Gasteiger partial charge in [0, 0.05) is 17.8 Å². The average molecular weight is 445 g/mol. The molecular formula is C21H20N2O5S2. The number of esters is 1. The highest BCUT2D eigenvalue weighted by Gasteiger charge is 2.16. The summed E-state index contributed by atoms with van der Waals surface area (Å²) in [5.74, 6) is -1.15. The molecule has 0 atom stereocenters. The standard InChI is InChI=1S/C21H20N2O5S2/c24-19(23-18-10-5-4-9-17(18)16-7-2-1-3-8-16)15-28-20(25)12-13-22-30(26,27)21-11-6-14-29-21/h1-11,14,22H,12-13,15H2,(H,23,24). The Morgan fingerprint density at radius 1 is 0.933 bits per heavy atom. The Kier molecular flexibility index (Phi) is 7.34. The summed E-state index contributed by atoms with van der Waals surface area (Å²) in [6, 6.07) is 20.0. The summed E-state index contributed by atoms with van der Waals surface area (Å²) in [5, 5.41) is 4.39. The maximum Gasteiger partial charge on any atom is 0.307 e. The number of hydrogen-bond acceptors (Lipinski definition) is 6. The Balaban J connectivity index is 1.47. The predicted molar refractivity (Wildman–Crippen MR) is 116 cm³/mol. The maximum atomic E-state index is 12.2. The molecule has 156 valence electrons. The molecule has 0 aliphatic carbocycles.